The van der Waals surface area contributed by atoms with E-state index in [4.69, 9.17) is 5.73 Å². The fourth-order valence-electron chi connectivity index (χ4n) is 2.13. The van der Waals surface area contributed by atoms with Crippen LogP contribution in [0.3, 0.4) is 0 Å². The standard InChI is InChI=1S/C12H17FN2/c1-8-9(13)4-2-6-11(8)15-12-7-3-5-10(12)14/h2,4,6,10,12,15H,3,5,7,14H2,1H3/t10-,12+/m1/s1. The maximum atomic E-state index is 13.3. The number of nitrogens with two attached hydrogens (primary N) is 1. The summed E-state index contributed by atoms with van der Waals surface area (Å²) >= 11 is 0. The van der Waals surface area contributed by atoms with Crippen molar-refractivity contribution in [3.63, 3.8) is 0 Å². The molecule has 1 saturated carbocycles. The summed E-state index contributed by atoms with van der Waals surface area (Å²) in [5.41, 5.74) is 7.51. The molecule has 0 bridgehead atoms. The van der Waals surface area contributed by atoms with E-state index in [1.165, 1.54) is 6.07 Å². The Balaban J connectivity index is 2.13. The summed E-state index contributed by atoms with van der Waals surface area (Å²) in [6, 6.07) is 5.61. The molecule has 1 aliphatic carbocycles. The second kappa shape index (κ2) is 4.19. The van der Waals surface area contributed by atoms with Crippen molar-refractivity contribution >= 4 is 5.69 Å². The first-order chi connectivity index (χ1) is 7.18. The zero-order valence-electron chi connectivity index (χ0n) is 8.96. The highest BCUT2D eigenvalue weighted by molar-refractivity contribution is 5.52. The van der Waals surface area contributed by atoms with Gasteiger partial charge in [-0.3, -0.25) is 0 Å². The van der Waals surface area contributed by atoms with E-state index < -0.39 is 0 Å². The molecular formula is C12H17FN2. The van der Waals surface area contributed by atoms with Crippen molar-refractivity contribution in [2.45, 2.75) is 38.3 Å². The lowest BCUT2D eigenvalue weighted by Crippen LogP contribution is -2.35. The molecule has 2 rings (SSSR count). The van der Waals surface area contributed by atoms with Crippen LogP contribution in [0.2, 0.25) is 0 Å². The number of nitrogens with one attached hydrogen (secondary N) is 1. The highest BCUT2D eigenvalue weighted by Gasteiger charge is 2.23. The highest BCUT2D eigenvalue weighted by atomic mass is 19.1. The number of benzene rings is 1. The van der Waals surface area contributed by atoms with Gasteiger partial charge in [0, 0.05) is 23.3 Å². The van der Waals surface area contributed by atoms with E-state index in [1.807, 2.05) is 6.07 Å². The molecule has 0 heterocycles. The van der Waals surface area contributed by atoms with Crippen LogP contribution >= 0.6 is 0 Å². The van der Waals surface area contributed by atoms with Gasteiger partial charge in [0.25, 0.3) is 0 Å². The molecule has 0 aliphatic heterocycles. The molecular weight excluding hydrogens is 191 g/mol. The van der Waals surface area contributed by atoms with Gasteiger partial charge in [-0.1, -0.05) is 6.07 Å². The first kappa shape index (κ1) is 10.4. The van der Waals surface area contributed by atoms with E-state index in [9.17, 15) is 4.39 Å². The second-order valence-corrected chi connectivity index (χ2v) is 4.26. The number of halogens is 1. The molecule has 0 aromatic heterocycles. The Morgan fingerprint density at radius 1 is 1.40 bits per heavy atom. The van der Waals surface area contributed by atoms with Crippen molar-refractivity contribution < 1.29 is 4.39 Å². The van der Waals surface area contributed by atoms with Gasteiger partial charge in [0.05, 0.1) is 0 Å². The van der Waals surface area contributed by atoms with Crippen molar-refractivity contribution in [2.24, 2.45) is 5.73 Å². The molecule has 3 N–H and O–H groups in total. The fourth-order valence-corrected chi connectivity index (χ4v) is 2.13. The van der Waals surface area contributed by atoms with Crippen molar-refractivity contribution in [3.05, 3.63) is 29.6 Å². The minimum Gasteiger partial charge on any atom is -0.380 e. The molecule has 15 heavy (non-hydrogen) atoms. The Hall–Kier alpha value is -1.09. The molecule has 1 fully saturated rings. The van der Waals surface area contributed by atoms with Gasteiger partial charge in [-0.05, 0) is 38.3 Å². The molecule has 82 valence electrons. The first-order valence-corrected chi connectivity index (χ1v) is 5.45. The molecule has 0 radical (unpaired) electrons. The lowest BCUT2D eigenvalue weighted by Gasteiger charge is -2.20. The van der Waals surface area contributed by atoms with Gasteiger partial charge in [-0.2, -0.15) is 0 Å². The Labute approximate surface area is 89.7 Å². The minimum absolute atomic E-state index is 0.161. The molecule has 2 atom stereocenters. The SMILES string of the molecule is Cc1c(F)cccc1N[C@H]1CCC[C@H]1N. The smallest absolute Gasteiger partial charge is 0.128 e. The van der Waals surface area contributed by atoms with Gasteiger partial charge in [-0.15, -0.1) is 0 Å². The Morgan fingerprint density at radius 2 is 2.20 bits per heavy atom. The van der Waals surface area contributed by atoms with Crippen LogP contribution in [0, 0.1) is 12.7 Å². The average molecular weight is 208 g/mol. The second-order valence-electron chi connectivity index (χ2n) is 4.26. The molecule has 0 unspecified atom stereocenters. The predicted molar refractivity (Wildman–Crippen MR) is 60.4 cm³/mol. The maximum Gasteiger partial charge on any atom is 0.128 e. The summed E-state index contributed by atoms with van der Waals surface area (Å²) < 4.78 is 13.3. The summed E-state index contributed by atoms with van der Waals surface area (Å²) in [5, 5.41) is 3.33. The van der Waals surface area contributed by atoms with Crippen LogP contribution in [0.4, 0.5) is 10.1 Å². The normalized spacial score (nSPS) is 25.5. The van der Waals surface area contributed by atoms with Gasteiger partial charge >= 0.3 is 0 Å². The zero-order valence-corrected chi connectivity index (χ0v) is 8.96. The monoisotopic (exact) mass is 208 g/mol. The Morgan fingerprint density at radius 3 is 2.87 bits per heavy atom. The summed E-state index contributed by atoms with van der Waals surface area (Å²) in [4.78, 5) is 0. The molecule has 1 aromatic carbocycles. The molecule has 1 aromatic rings. The van der Waals surface area contributed by atoms with E-state index in [2.05, 4.69) is 5.32 Å². The molecule has 1 aliphatic rings. The molecule has 0 amide bonds. The van der Waals surface area contributed by atoms with Crippen LogP contribution < -0.4 is 11.1 Å². The van der Waals surface area contributed by atoms with Crippen LogP contribution in [-0.2, 0) is 0 Å². The van der Waals surface area contributed by atoms with E-state index in [0.29, 0.717) is 11.6 Å². The average Bonchev–Trinajstić information content (AvgIpc) is 2.60. The van der Waals surface area contributed by atoms with Crippen LogP contribution in [0.5, 0.6) is 0 Å². The number of anilines is 1. The Bertz CT molecular complexity index is 351. The van der Waals surface area contributed by atoms with Gasteiger partial charge in [0.15, 0.2) is 0 Å². The van der Waals surface area contributed by atoms with Crippen molar-refractivity contribution in [1.82, 2.24) is 0 Å². The van der Waals surface area contributed by atoms with Crippen LogP contribution in [-0.4, -0.2) is 12.1 Å². The summed E-state index contributed by atoms with van der Waals surface area (Å²) in [5.74, 6) is -0.161. The molecule has 3 heteroatoms. The van der Waals surface area contributed by atoms with Gasteiger partial charge in [0.2, 0.25) is 0 Å². The van der Waals surface area contributed by atoms with Gasteiger partial charge in [0.1, 0.15) is 5.82 Å². The molecule has 0 spiro atoms. The van der Waals surface area contributed by atoms with Crippen molar-refractivity contribution in [2.75, 3.05) is 5.32 Å². The van der Waals surface area contributed by atoms with E-state index in [0.717, 1.165) is 24.9 Å². The molecule has 2 nitrogen and oxygen atoms in total. The minimum atomic E-state index is -0.161. The summed E-state index contributed by atoms with van der Waals surface area (Å²) in [6.07, 6.45) is 3.30. The summed E-state index contributed by atoms with van der Waals surface area (Å²) in [6.45, 7) is 1.79. The number of hydrogen-bond donors (Lipinski definition) is 2. The number of hydrogen-bond acceptors (Lipinski definition) is 2. The highest BCUT2D eigenvalue weighted by Crippen LogP contribution is 2.24. The Kier molecular flexibility index (Phi) is 2.91. The van der Waals surface area contributed by atoms with Crippen LogP contribution in [0.15, 0.2) is 18.2 Å². The third kappa shape index (κ3) is 2.12. The van der Waals surface area contributed by atoms with Gasteiger partial charge in [-0.25, -0.2) is 4.39 Å². The third-order valence-electron chi connectivity index (χ3n) is 3.18. The largest absolute Gasteiger partial charge is 0.380 e. The van der Waals surface area contributed by atoms with Crippen LogP contribution in [0.1, 0.15) is 24.8 Å². The maximum absolute atomic E-state index is 13.3. The van der Waals surface area contributed by atoms with E-state index in [1.54, 1.807) is 13.0 Å². The fraction of sp³-hybridized carbons (Fsp3) is 0.500. The third-order valence-corrected chi connectivity index (χ3v) is 3.18. The quantitative estimate of drug-likeness (QED) is 0.783. The lowest BCUT2D eigenvalue weighted by atomic mass is 10.1. The first-order valence-electron chi connectivity index (χ1n) is 5.45. The van der Waals surface area contributed by atoms with Crippen molar-refractivity contribution in [3.8, 4) is 0 Å². The zero-order chi connectivity index (χ0) is 10.8. The topological polar surface area (TPSA) is 38.0 Å². The predicted octanol–water partition coefficient (Wildman–Crippen LogP) is 2.43. The summed E-state index contributed by atoms with van der Waals surface area (Å²) in [7, 11) is 0. The van der Waals surface area contributed by atoms with E-state index in [-0.39, 0.29) is 11.9 Å². The van der Waals surface area contributed by atoms with Gasteiger partial charge < -0.3 is 11.1 Å². The number of rotatable bonds is 2. The molecule has 0 saturated heterocycles. The van der Waals surface area contributed by atoms with Crippen LogP contribution in [0.25, 0.3) is 0 Å². The lowest BCUT2D eigenvalue weighted by molar-refractivity contribution is 0.613. The van der Waals surface area contributed by atoms with E-state index >= 15 is 0 Å². The van der Waals surface area contributed by atoms with Crippen molar-refractivity contribution in [1.29, 1.82) is 0 Å².